The molecule has 1 aliphatic rings. The number of anilines is 2. The molecular weight excluding hydrogens is 522 g/mol. The van der Waals surface area contributed by atoms with Gasteiger partial charge >= 0.3 is 0 Å². The van der Waals surface area contributed by atoms with E-state index in [4.69, 9.17) is 4.74 Å². The van der Waals surface area contributed by atoms with E-state index in [1.807, 2.05) is 54.6 Å². The van der Waals surface area contributed by atoms with Crippen molar-refractivity contribution in [3.8, 4) is 5.75 Å². The van der Waals surface area contributed by atoms with E-state index in [0.29, 0.717) is 23.5 Å². The number of rotatable bonds is 7. The number of aryl methyl sites for hydroxylation is 3. The number of carbonyl (C=O) groups excluding carboxylic acids is 1. The molecule has 1 aliphatic heterocycles. The zero-order valence-electron chi connectivity index (χ0n) is 22.6. The highest BCUT2D eigenvalue weighted by atomic mass is 32.2. The Morgan fingerprint density at radius 2 is 1.70 bits per heavy atom. The predicted molar refractivity (Wildman–Crippen MR) is 160 cm³/mol. The lowest BCUT2D eigenvalue weighted by atomic mass is 10.0. The van der Waals surface area contributed by atoms with Crippen LogP contribution in [-0.2, 0) is 27.8 Å². The molecule has 40 heavy (non-hydrogen) atoms. The average Bonchev–Trinajstić information content (AvgIpc) is 3.29. The topological polar surface area (TPSA) is 80.6 Å². The third kappa shape index (κ3) is 4.58. The van der Waals surface area contributed by atoms with Crippen molar-refractivity contribution in [3.05, 3.63) is 96.1 Å². The number of fused-ring (bicyclic) bond motifs is 4. The molecule has 0 unspecified atom stereocenters. The molecule has 5 aromatic rings. The van der Waals surface area contributed by atoms with Crippen molar-refractivity contribution >= 4 is 49.1 Å². The van der Waals surface area contributed by atoms with Gasteiger partial charge in [0, 0.05) is 40.6 Å². The summed E-state index contributed by atoms with van der Waals surface area (Å²) < 4.78 is 36.5. The summed E-state index contributed by atoms with van der Waals surface area (Å²) in [5, 5.41) is 5.16. The molecule has 7 nitrogen and oxygen atoms in total. The van der Waals surface area contributed by atoms with Crippen LogP contribution in [-0.4, -0.2) is 32.0 Å². The van der Waals surface area contributed by atoms with Crippen molar-refractivity contribution in [3.63, 3.8) is 0 Å². The van der Waals surface area contributed by atoms with Crippen molar-refractivity contribution in [2.24, 2.45) is 0 Å². The molecule has 1 aromatic heterocycles. The summed E-state index contributed by atoms with van der Waals surface area (Å²) in [5.74, 6) is 0.175. The number of hydrogen-bond donors (Lipinski definition) is 1. The lowest BCUT2D eigenvalue weighted by Crippen LogP contribution is -2.35. The minimum Gasteiger partial charge on any atom is -0.483 e. The Hall–Kier alpha value is -4.30. The van der Waals surface area contributed by atoms with Gasteiger partial charge < -0.3 is 14.6 Å². The quantitative estimate of drug-likeness (QED) is 0.257. The lowest BCUT2D eigenvalue weighted by Gasteiger charge is -2.30. The molecule has 1 amide bonds. The van der Waals surface area contributed by atoms with E-state index in [1.54, 1.807) is 25.1 Å². The van der Waals surface area contributed by atoms with Crippen molar-refractivity contribution < 1.29 is 17.9 Å². The van der Waals surface area contributed by atoms with Crippen LogP contribution < -0.4 is 14.4 Å². The van der Waals surface area contributed by atoms with Crippen molar-refractivity contribution in [1.29, 1.82) is 0 Å². The fraction of sp³-hybridized carbons (Fsp3) is 0.219. The van der Waals surface area contributed by atoms with Crippen LogP contribution in [0, 0.1) is 6.92 Å². The monoisotopic (exact) mass is 553 g/mol. The molecule has 0 radical (unpaired) electrons. The number of para-hydroxylation sites is 2. The van der Waals surface area contributed by atoms with Crippen LogP contribution in [0.25, 0.3) is 21.8 Å². The SMILES string of the molecule is CCn1c2ccccc2c2cc(NC(=O)COc3ccc(S(=O)(=O)N4CCCc5ccccc54)cc3C)ccc21. The van der Waals surface area contributed by atoms with Crippen LogP contribution in [0.4, 0.5) is 11.4 Å². The van der Waals surface area contributed by atoms with Gasteiger partial charge in [0.2, 0.25) is 0 Å². The highest BCUT2D eigenvalue weighted by Gasteiger charge is 2.29. The molecule has 0 aliphatic carbocycles. The smallest absolute Gasteiger partial charge is 0.264 e. The van der Waals surface area contributed by atoms with Crippen molar-refractivity contribution in [2.45, 2.75) is 38.1 Å². The van der Waals surface area contributed by atoms with Gasteiger partial charge in [-0.1, -0.05) is 36.4 Å². The Labute approximate surface area is 234 Å². The van der Waals surface area contributed by atoms with Crippen molar-refractivity contribution in [1.82, 2.24) is 4.57 Å². The second-order valence-electron chi connectivity index (χ2n) is 10.1. The lowest BCUT2D eigenvalue weighted by molar-refractivity contribution is -0.118. The maximum Gasteiger partial charge on any atom is 0.264 e. The standard InChI is InChI=1S/C32H31N3O4S/c1-3-34-29-13-7-5-11-26(29)27-20-24(14-16-30(27)34)33-32(36)21-39-31-17-15-25(19-22(31)2)40(37,38)35-18-8-10-23-9-4-6-12-28(23)35/h4-7,9,11-17,19-20H,3,8,10,18,21H2,1-2H3,(H,33,36). The summed E-state index contributed by atoms with van der Waals surface area (Å²) in [6, 6.07) is 26.6. The maximum atomic E-state index is 13.5. The second-order valence-corrected chi connectivity index (χ2v) is 11.9. The third-order valence-electron chi connectivity index (χ3n) is 7.53. The van der Waals surface area contributed by atoms with Crippen LogP contribution >= 0.6 is 0 Å². The Morgan fingerprint density at radius 1 is 0.925 bits per heavy atom. The number of aromatic nitrogens is 1. The van der Waals surface area contributed by atoms with Crippen LogP contribution in [0.3, 0.4) is 0 Å². The average molecular weight is 554 g/mol. The number of hydrogen-bond acceptors (Lipinski definition) is 4. The summed E-state index contributed by atoms with van der Waals surface area (Å²) in [6.07, 6.45) is 1.64. The molecule has 6 rings (SSSR count). The van der Waals surface area contributed by atoms with Gasteiger partial charge in [0.05, 0.1) is 10.6 Å². The fourth-order valence-corrected chi connectivity index (χ4v) is 7.26. The fourth-order valence-electron chi connectivity index (χ4n) is 5.63. The van der Waals surface area contributed by atoms with E-state index in [0.717, 1.165) is 52.4 Å². The normalized spacial score (nSPS) is 13.4. The Balaban J connectivity index is 1.16. The number of benzene rings is 4. The van der Waals surface area contributed by atoms with Crippen LogP contribution in [0.2, 0.25) is 0 Å². The van der Waals surface area contributed by atoms with Crippen LogP contribution in [0.1, 0.15) is 24.5 Å². The van der Waals surface area contributed by atoms with E-state index in [-0.39, 0.29) is 17.4 Å². The highest BCUT2D eigenvalue weighted by Crippen LogP contribution is 2.34. The minimum atomic E-state index is -3.72. The van der Waals surface area contributed by atoms with Crippen molar-refractivity contribution in [2.75, 3.05) is 22.8 Å². The van der Waals surface area contributed by atoms with Gasteiger partial charge in [-0.3, -0.25) is 9.10 Å². The summed E-state index contributed by atoms with van der Waals surface area (Å²) in [5.41, 5.74) is 5.40. The largest absolute Gasteiger partial charge is 0.483 e. The van der Waals surface area contributed by atoms with E-state index >= 15 is 0 Å². The summed E-state index contributed by atoms with van der Waals surface area (Å²) in [6.45, 7) is 5.01. The molecule has 0 bridgehead atoms. The molecule has 0 fully saturated rings. The molecule has 0 saturated heterocycles. The van der Waals surface area contributed by atoms with Gasteiger partial charge in [-0.25, -0.2) is 8.42 Å². The number of sulfonamides is 1. The van der Waals surface area contributed by atoms with E-state index in [9.17, 15) is 13.2 Å². The van der Waals surface area contributed by atoms with Gasteiger partial charge in [0.15, 0.2) is 6.61 Å². The van der Waals surface area contributed by atoms with Crippen LogP contribution in [0.15, 0.2) is 89.8 Å². The summed E-state index contributed by atoms with van der Waals surface area (Å²) in [4.78, 5) is 13.0. The second kappa shape index (κ2) is 10.4. The number of ether oxygens (including phenoxy) is 1. The first kappa shape index (κ1) is 26.0. The molecule has 0 atom stereocenters. The van der Waals surface area contributed by atoms with E-state index < -0.39 is 10.0 Å². The molecule has 4 aromatic carbocycles. The predicted octanol–water partition coefficient (Wildman–Crippen LogP) is 6.28. The zero-order valence-corrected chi connectivity index (χ0v) is 23.4. The van der Waals surface area contributed by atoms with Gasteiger partial charge in [-0.15, -0.1) is 0 Å². The summed E-state index contributed by atoms with van der Waals surface area (Å²) >= 11 is 0. The first-order valence-electron chi connectivity index (χ1n) is 13.5. The molecule has 1 N–H and O–H groups in total. The first-order valence-corrected chi connectivity index (χ1v) is 15.0. The number of carbonyl (C=O) groups is 1. The molecule has 0 saturated carbocycles. The minimum absolute atomic E-state index is 0.193. The van der Waals surface area contributed by atoms with Gasteiger partial charge in [0.1, 0.15) is 5.75 Å². The number of nitrogens with one attached hydrogen (secondary N) is 1. The van der Waals surface area contributed by atoms with Gasteiger partial charge in [0.25, 0.3) is 15.9 Å². The molecule has 8 heteroatoms. The Bertz CT molecular complexity index is 1860. The van der Waals surface area contributed by atoms with E-state index in [2.05, 4.69) is 28.9 Å². The van der Waals surface area contributed by atoms with Gasteiger partial charge in [-0.05, 0) is 86.3 Å². The Morgan fingerprint density at radius 3 is 2.52 bits per heavy atom. The Kier molecular flexibility index (Phi) is 6.72. The zero-order chi connectivity index (χ0) is 27.9. The summed E-state index contributed by atoms with van der Waals surface area (Å²) in [7, 11) is -3.72. The highest BCUT2D eigenvalue weighted by molar-refractivity contribution is 7.92. The molecule has 2 heterocycles. The van der Waals surface area contributed by atoms with E-state index in [1.165, 1.54) is 4.31 Å². The third-order valence-corrected chi connectivity index (χ3v) is 9.34. The van der Waals surface area contributed by atoms with Gasteiger partial charge in [-0.2, -0.15) is 0 Å². The first-order chi connectivity index (χ1) is 19.4. The number of nitrogens with zero attached hydrogens (tertiary/aromatic N) is 2. The molecule has 0 spiro atoms. The molecule has 204 valence electrons. The number of amides is 1. The maximum absolute atomic E-state index is 13.5. The van der Waals surface area contributed by atoms with Crippen LogP contribution in [0.5, 0.6) is 5.75 Å². The molecular formula is C32H31N3O4S.